The lowest BCUT2D eigenvalue weighted by atomic mass is 10.1. The van der Waals surface area contributed by atoms with Gasteiger partial charge in [0.15, 0.2) is 0 Å². The van der Waals surface area contributed by atoms with Gasteiger partial charge in [-0.3, -0.25) is 4.79 Å². The molecule has 0 fully saturated rings. The van der Waals surface area contributed by atoms with Crippen molar-refractivity contribution in [2.75, 3.05) is 13.6 Å². The number of aromatic nitrogens is 1. The van der Waals surface area contributed by atoms with Gasteiger partial charge in [-0.25, -0.2) is 4.39 Å². The van der Waals surface area contributed by atoms with Gasteiger partial charge in [0.25, 0.3) is 0 Å². The first-order valence-electron chi connectivity index (χ1n) is 9.23. The summed E-state index contributed by atoms with van der Waals surface area (Å²) in [5, 5.41) is 4.01. The van der Waals surface area contributed by atoms with Crippen LogP contribution < -0.4 is 5.73 Å². The van der Waals surface area contributed by atoms with Gasteiger partial charge in [0.1, 0.15) is 17.3 Å². The largest absolute Gasteiger partial charge is 0.361 e. The van der Waals surface area contributed by atoms with Crippen molar-refractivity contribution in [3.8, 4) is 11.3 Å². The molecular weight excluding hydrogens is 333 g/mol. The Kier molecular flexibility index (Phi) is 7.78. The van der Waals surface area contributed by atoms with Crippen molar-refractivity contribution in [2.24, 2.45) is 5.73 Å². The van der Waals surface area contributed by atoms with Crippen molar-refractivity contribution in [3.05, 3.63) is 41.9 Å². The Morgan fingerprint density at radius 3 is 2.85 bits per heavy atom. The Bertz CT molecular complexity index is 702. The van der Waals surface area contributed by atoms with Crippen LogP contribution in [0.1, 0.15) is 44.8 Å². The highest BCUT2D eigenvalue weighted by Gasteiger charge is 2.16. The first kappa shape index (κ1) is 20.1. The summed E-state index contributed by atoms with van der Waals surface area (Å²) in [5.41, 5.74) is 7.22. The third-order valence-electron chi connectivity index (χ3n) is 4.39. The first-order valence-corrected chi connectivity index (χ1v) is 9.23. The van der Waals surface area contributed by atoms with Gasteiger partial charge in [0.05, 0.1) is 6.04 Å². The number of rotatable bonds is 10. The Morgan fingerprint density at radius 1 is 1.31 bits per heavy atom. The molecule has 2 N–H and O–H groups in total. The Balaban J connectivity index is 1.70. The number of likely N-dealkylation sites (N-methyl/N-ethyl adjacent to an activating group) is 1. The standard InChI is InChI=1S/C20H28FN3O2/c1-3-8-18(22)20(25)24(2)12-6-4-5-11-17-14-19(23-26-17)15-9-7-10-16(21)13-15/h7,9-10,13-14,18H,3-6,8,11-12,22H2,1-2H3. The number of amides is 1. The SMILES string of the molecule is CCCC(N)C(=O)N(C)CCCCCc1cc(-c2cccc(F)c2)no1. The molecule has 142 valence electrons. The van der Waals surface area contributed by atoms with Crippen molar-refractivity contribution < 1.29 is 13.7 Å². The zero-order valence-corrected chi connectivity index (χ0v) is 15.6. The summed E-state index contributed by atoms with van der Waals surface area (Å²) < 4.78 is 18.6. The van der Waals surface area contributed by atoms with E-state index in [2.05, 4.69) is 5.16 Å². The van der Waals surface area contributed by atoms with Crippen LogP contribution in [-0.2, 0) is 11.2 Å². The molecule has 2 aromatic rings. The lowest BCUT2D eigenvalue weighted by Gasteiger charge is -2.20. The van der Waals surface area contributed by atoms with Crippen molar-refractivity contribution in [1.82, 2.24) is 10.1 Å². The number of unbranched alkanes of at least 4 members (excludes halogenated alkanes) is 2. The maximum Gasteiger partial charge on any atom is 0.239 e. The van der Waals surface area contributed by atoms with Gasteiger partial charge >= 0.3 is 0 Å². The average molecular weight is 361 g/mol. The number of nitrogens with two attached hydrogens (primary N) is 1. The van der Waals surface area contributed by atoms with Crippen molar-refractivity contribution >= 4 is 5.91 Å². The number of hydrogen-bond donors (Lipinski definition) is 1. The third-order valence-corrected chi connectivity index (χ3v) is 4.39. The molecule has 1 aromatic heterocycles. The molecule has 0 spiro atoms. The van der Waals surface area contributed by atoms with E-state index in [9.17, 15) is 9.18 Å². The summed E-state index contributed by atoms with van der Waals surface area (Å²) in [5.74, 6) is 0.518. The van der Waals surface area contributed by atoms with Crippen molar-refractivity contribution in [2.45, 2.75) is 51.5 Å². The summed E-state index contributed by atoms with van der Waals surface area (Å²) in [6.07, 6.45) is 5.26. The van der Waals surface area contributed by atoms with E-state index in [1.54, 1.807) is 24.1 Å². The number of carbonyl (C=O) groups is 1. The fraction of sp³-hybridized carbons (Fsp3) is 0.500. The summed E-state index contributed by atoms with van der Waals surface area (Å²) in [6, 6.07) is 7.78. The lowest BCUT2D eigenvalue weighted by molar-refractivity contribution is -0.131. The Morgan fingerprint density at radius 2 is 2.12 bits per heavy atom. The molecule has 0 aliphatic rings. The number of carbonyl (C=O) groups excluding carboxylic acids is 1. The van der Waals surface area contributed by atoms with Crippen LogP contribution in [0.15, 0.2) is 34.9 Å². The predicted molar refractivity (Wildman–Crippen MR) is 100.0 cm³/mol. The highest BCUT2D eigenvalue weighted by atomic mass is 19.1. The van der Waals surface area contributed by atoms with E-state index in [-0.39, 0.29) is 17.8 Å². The van der Waals surface area contributed by atoms with Crippen LogP contribution in [0, 0.1) is 5.82 Å². The molecule has 0 saturated carbocycles. The average Bonchev–Trinajstić information content (AvgIpc) is 3.09. The second kappa shape index (κ2) is 10.1. The van der Waals surface area contributed by atoms with Gasteiger partial charge in [0, 0.05) is 31.6 Å². The molecule has 1 heterocycles. The predicted octanol–water partition coefficient (Wildman–Crippen LogP) is 3.78. The zero-order chi connectivity index (χ0) is 18.9. The fourth-order valence-electron chi connectivity index (χ4n) is 2.87. The molecule has 6 heteroatoms. The topological polar surface area (TPSA) is 72.4 Å². The second-order valence-corrected chi connectivity index (χ2v) is 6.65. The molecule has 0 bridgehead atoms. The number of benzene rings is 1. The van der Waals surface area contributed by atoms with E-state index < -0.39 is 0 Å². The Labute approximate surface area is 154 Å². The van der Waals surface area contributed by atoms with Crippen LogP contribution in [0.3, 0.4) is 0 Å². The number of hydrogen-bond acceptors (Lipinski definition) is 4. The second-order valence-electron chi connectivity index (χ2n) is 6.65. The van der Waals surface area contributed by atoms with E-state index in [0.29, 0.717) is 17.8 Å². The number of nitrogens with zero attached hydrogens (tertiary/aromatic N) is 2. The minimum absolute atomic E-state index is 0.0156. The lowest BCUT2D eigenvalue weighted by Crippen LogP contribution is -2.42. The van der Waals surface area contributed by atoms with Gasteiger partial charge < -0.3 is 15.2 Å². The first-order chi connectivity index (χ1) is 12.5. The molecule has 5 nitrogen and oxygen atoms in total. The van der Waals surface area contributed by atoms with E-state index >= 15 is 0 Å². The fourth-order valence-corrected chi connectivity index (χ4v) is 2.87. The van der Waals surface area contributed by atoms with Crippen LogP contribution >= 0.6 is 0 Å². The Hall–Kier alpha value is -2.21. The molecule has 1 unspecified atom stereocenters. The summed E-state index contributed by atoms with van der Waals surface area (Å²) in [6.45, 7) is 2.73. The summed E-state index contributed by atoms with van der Waals surface area (Å²) in [7, 11) is 1.81. The minimum Gasteiger partial charge on any atom is -0.361 e. The van der Waals surface area contributed by atoms with Crippen LogP contribution in [0.5, 0.6) is 0 Å². The third kappa shape index (κ3) is 5.95. The molecule has 2 rings (SSSR count). The molecule has 1 aromatic carbocycles. The molecule has 1 atom stereocenters. The van der Waals surface area contributed by atoms with E-state index in [0.717, 1.165) is 44.3 Å². The van der Waals surface area contributed by atoms with E-state index in [1.165, 1.54) is 12.1 Å². The molecule has 1 amide bonds. The van der Waals surface area contributed by atoms with Crippen LogP contribution in [-0.4, -0.2) is 35.6 Å². The van der Waals surface area contributed by atoms with Gasteiger partial charge in [-0.15, -0.1) is 0 Å². The van der Waals surface area contributed by atoms with Crippen LogP contribution in [0.2, 0.25) is 0 Å². The van der Waals surface area contributed by atoms with Gasteiger partial charge in [-0.05, 0) is 31.4 Å². The summed E-state index contributed by atoms with van der Waals surface area (Å²) in [4.78, 5) is 13.7. The van der Waals surface area contributed by atoms with Gasteiger partial charge in [0.2, 0.25) is 5.91 Å². The monoisotopic (exact) mass is 361 g/mol. The normalized spacial score (nSPS) is 12.2. The van der Waals surface area contributed by atoms with Gasteiger partial charge in [-0.1, -0.05) is 37.1 Å². The van der Waals surface area contributed by atoms with Gasteiger partial charge in [-0.2, -0.15) is 0 Å². The number of halogens is 1. The zero-order valence-electron chi connectivity index (χ0n) is 15.6. The molecule has 0 radical (unpaired) electrons. The molecule has 0 aliphatic carbocycles. The molecule has 0 aliphatic heterocycles. The van der Waals surface area contributed by atoms with E-state index in [1.807, 2.05) is 13.0 Å². The quantitative estimate of drug-likeness (QED) is 0.654. The molecule has 0 saturated heterocycles. The smallest absolute Gasteiger partial charge is 0.239 e. The maximum absolute atomic E-state index is 13.3. The summed E-state index contributed by atoms with van der Waals surface area (Å²) >= 11 is 0. The maximum atomic E-state index is 13.3. The molecular formula is C20H28FN3O2. The number of aryl methyl sites for hydroxylation is 1. The van der Waals surface area contributed by atoms with Crippen molar-refractivity contribution in [3.63, 3.8) is 0 Å². The highest BCUT2D eigenvalue weighted by Crippen LogP contribution is 2.21. The molecule has 26 heavy (non-hydrogen) atoms. The highest BCUT2D eigenvalue weighted by molar-refractivity contribution is 5.81. The van der Waals surface area contributed by atoms with Crippen molar-refractivity contribution in [1.29, 1.82) is 0 Å². The minimum atomic E-state index is -0.388. The van der Waals surface area contributed by atoms with Crippen LogP contribution in [0.4, 0.5) is 4.39 Å². The van der Waals surface area contributed by atoms with E-state index in [4.69, 9.17) is 10.3 Å². The van der Waals surface area contributed by atoms with Crippen LogP contribution in [0.25, 0.3) is 11.3 Å².